The average Bonchev–Trinajstić information content (AvgIpc) is 2.56. The second-order valence-corrected chi connectivity index (χ2v) is 2.90. The smallest absolute Gasteiger partial charge is 0.258 e. The maximum absolute atomic E-state index is 10.9. The Balaban J connectivity index is 0.000000245. The number of hydrogen-bond acceptors (Lipinski definition) is 3. The van der Waals surface area contributed by atoms with Crippen LogP contribution in [0.15, 0.2) is 24.3 Å². The minimum absolute atomic E-state index is 0.300. The second-order valence-electron chi connectivity index (χ2n) is 2.90. The maximum Gasteiger partial charge on any atom is 0.258 e. The van der Waals surface area contributed by atoms with Gasteiger partial charge in [-0.05, 0) is 12.1 Å². The van der Waals surface area contributed by atoms with Crippen LogP contribution in [0.2, 0.25) is 0 Å². The van der Waals surface area contributed by atoms with Gasteiger partial charge in [0, 0.05) is 6.42 Å². The van der Waals surface area contributed by atoms with Gasteiger partial charge < -0.3 is 4.79 Å². The Hall–Kier alpha value is -1.97. The van der Waals surface area contributed by atoms with Crippen molar-refractivity contribution in [2.24, 2.45) is 0 Å². The number of benzene rings is 1. The van der Waals surface area contributed by atoms with E-state index in [9.17, 15) is 14.4 Å². The highest BCUT2D eigenvalue weighted by atomic mass is 16.2. The molecular weight excluding hydrogens is 194 g/mol. The average molecular weight is 205 g/mol. The van der Waals surface area contributed by atoms with Crippen molar-refractivity contribution in [3.8, 4) is 0 Å². The number of aldehydes is 1. The van der Waals surface area contributed by atoms with E-state index in [1.807, 2.05) is 6.92 Å². The molecule has 0 spiro atoms. The lowest BCUT2D eigenvalue weighted by molar-refractivity contribution is -0.107. The molecule has 0 fully saturated rings. The van der Waals surface area contributed by atoms with E-state index in [-0.39, 0.29) is 11.8 Å². The number of imide groups is 1. The van der Waals surface area contributed by atoms with Crippen LogP contribution in [-0.2, 0) is 4.79 Å². The van der Waals surface area contributed by atoms with E-state index in [4.69, 9.17) is 0 Å². The maximum atomic E-state index is 10.9. The summed E-state index contributed by atoms with van der Waals surface area (Å²) in [6, 6.07) is 6.74. The van der Waals surface area contributed by atoms with Gasteiger partial charge >= 0.3 is 0 Å². The quantitative estimate of drug-likeness (QED) is 0.552. The summed E-state index contributed by atoms with van der Waals surface area (Å²) in [7, 11) is 0. The first-order chi connectivity index (χ1) is 7.20. The lowest BCUT2D eigenvalue weighted by Gasteiger charge is -1.88. The van der Waals surface area contributed by atoms with Crippen molar-refractivity contribution in [2.75, 3.05) is 0 Å². The molecule has 0 radical (unpaired) electrons. The zero-order chi connectivity index (χ0) is 11.3. The molecule has 0 atom stereocenters. The molecule has 4 nitrogen and oxygen atoms in total. The molecule has 0 saturated heterocycles. The third-order valence-corrected chi connectivity index (χ3v) is 1.81. The van der Waals surface area contributed by atoms with Crippen molar-refractivity contribution in [3.63, 3.8) is 0 Å². The third kappa shape index (κ3) is 2.49. The predicted molar refractivity (Wildman–Crippen MR) is 54.6 cm³/mol. The van der Waals surface area contributed by atoms with E-state index in [0.717, 1.165) is 6.29 Å². The highest BCUT2D eigenvalue weighted by Crippen LogP contribution is 2.13. The summed E-state index contributed by atoms with van der Waals surface area (Å²) in [6.07, 6.45) is 1.51. The number of fused-ring (bicyclic) bond motifs is 1. The van der Waals surface area contributed by atoms with Crippen LogP contribution < -0.4 is 5.32 Å². The van der Waals surface area contributed by atoms with Gasteiger partial charge in [0.15, 0.2) is 0 Å². The van der Waals surface area contributed by atoms with Crippen molar-refractivity contribution >= 4 is 18.1 Å². The molecule has 1 aromatic carbocycles. The molecule has 0 unspecified atom stereocenters. The second kappa shape index (κ2) is 5.05. The van der Waals surface area contributed by atoms with Crippen molar-refractivity contribution < 1.29 is 14.4 Å². The van der Waals surface area contributed by atoms with Gasteiger partial charge in [-0.25, -0.2) is 0 Å². The monoisotopic (exact) mass is 205 g/mol. The molecule has 0 saturated carbocycles. The Morgan fingerprint density at radius 2 is 1.53 bits per heavy atom. The summed E-state index contributed by atoms with van der Waals surface area (Å²) in [5, 5.41) is 2.20. The molecule has 2 amide bonds. The molecule has 1 N–H and O–H groups in total. The minimum atomic E-state index is -0.300. The first-order valence-electron chi connectivity index (χ1n) is 4.59. The Bertz CT molecular complexity index is 366. The van der Waals surface area contributed by atoms with Crippen molar-refractivity contribution in [3.05, 3.63) is 35.4 Å². The number of nitrogens with one attached hydrogen (secondary N) is 1. The number of hydrogen-bond donors (Lipinski definition) is 1. The highest BCUT2D eigenvalue weighted by Gasteiger charge is 2.25. The molecule has 1 aliphatic rings. The highest BCUT2D eigenvalue weighted by molar-refractivity contribution is 6.21. The van der Waals surface area contributed by atoms with Crippen LogP contribution in [0.1, 0.15) is 34.1 Å². The molecule has 0 bridgehead atoms. The van der Waals surface area contributed by atoms with Gasteiger partial charge in [-0.1, -0.05) is 19.1 Å². The number of amides is 2. The zero-order valence-electron chi connectivity index (χ0n) is 8.32. The van der Waals surface area contributed by atoms with Gasteiger partial charge in [0.05, 0.1) is 11.1 Å². The fourth-order valence-corrected chi connectivity index (χ4v) is 1.12. The van der Waals surface area contributed by atoms with Crippen LogP contribution in [0.4, 0.5) is 0 Å². The summed E-state index contributed by atoms with van der Waals surface area (Å²) in [4.78, 5) is 31.1. The fraction of sp³-hybridized carbons (Fsp3) is 0.182. The van der Waals surface area contributed by atoms with E-state index in [2.05, 4.69) is 5.32 Å². The minimum Gasteiger partial charge on any atom is -0.303 e. The molecule has 15 heavy (non-hydrogen) atoms. The van der Waals surface area contributed by atoms with Crippen LogP contribution in [0, 0.1) is 0 Å². The largest absolute Gasteiger partial charge is 0.303 e. The van der Waals surface area contributed by atoms with Crippen LogP contribution in [0.3, 0.4) is 0 Å². The van der Waals surface area contributed by atoms with E-state index in [1.165, 1.54) is 0 Å². The predicted octanol–water partition coefficient (Wildman–Crippen LogP) is 1.17. The Kier molecular flexibility index (Phi) is 3.74. The van der Waals surface area contributed by atoms with E-state index >= 15 is 0 Å². The third-order valence-electron chi connectivity index (χ3n) is 1.81. The van der Waals surface area contributed by atoms with Gasteiger partial charge in [0.25, 0.3) is 11.8 Å². The Labute approximate surface area is 87.3 Å². The number of carbonyl (C=O) groups excluding carboxylic acids is 3. The van der Waals surface area contributed by atoms with Gasteiger partial charge in [-0.15, -0.1) is 0 Å². The SMILES string of the molecule is CCC=O.O=C1NC(=O)c2ccccc21. The summed E-state index contributed by atoms with van der Waals surface area (Å²) in [5.74, 6) is -0.601. The molecule has 1 aromatic rings. The van der Waals surface area contributed by atoms with Crippen molar-refractivity contribution in [1.82, 2.24) is 5.32 Å². The summed E-state index contributed by atoms with van der Waals surface area (Å²) in [6.45, 7) is 1.81. The zero-order valence-corrected chi connectivity index (χ0v) is 8.32. The molecular formula is C11H11NO3. The lowest BCUT2D eigenvalue weighted by atomic mass is 10.1. The van der Waals surface area contributed by atoms with Crippen molar-refractivity contribution in [2.45, 2.75) is 13.3 Å². The molecule has 0 aromatic heterocycles. The van der Waals surface area contributed by atoms with Crippen LogP contribution in [-0.4, -0.2) is 18.1 Å². The van der Waals surface area contributed by atoms with Crippen molar-refractivity contribution in [1.29, 1.82) is 0 Å². The van der Waals surface area contributed by atoms with E-state index < -0.39 is 0 Å². The standard InChI is InChI=1S/C8H5NO2.C3H6O/c10-7-5-3-1-2-4-6(5)8(11)9-7;1-2-3-4/h1-4H,(H,9,10,11);3H,2H2,1H3. The summed E-state index contributed by atoms with van der Waals surface area (Å²) < 4.78 is 0. The van der Waals surface area contributed by atoms with Crippen LogP contribution in [0.25, 0.3) is 0 Å². The topological polar surface area (TPSA) is 63.2 Å². The van der Waals surface area contributed by atoms with Gasteiger partial charge in [0.2, 0.25) is 0 Å². The number of rotatable bonds is 1. The normalized spacial score (nSPS) is 12.3. The Morgan fingerprint density at radius 3 is 1.87 bits per heavy atom. The van der Waals surface area contributed by atoms with E-state index in [0.29, 0.717) is 17.5 Å². The molecule has 2 rings (SSSR count). The number of carbonyl (C=O) groups is 3. The summed E-state index contributed by atoms with van der Waals surface area (Å²) in [5.41, 5.74) is 0.940. The molecule has 1 aliphatic heterocycles. The van der Waals surface area contributed by atoms with E-state index in [1.54, 1.807) is 24.3 Å². The molecule has 0 aliphatic carbocycles. The summed E-state index contributed by atoms with van der Waals surface area (Å²) >= 11 is 0. The first-order valence-corrected chi connectivity index (χ1v) is 4.59. The van der Waals surface area contributed by atoms with Gasteiger partial charge in [0.1, 0.15) is 6.29 Å². The molecule has 78 valence electrons. The molecule has 1 heterocycles. The van der Waals surface area contributed by atoms with Gasteiger partial charge in [-0.2, -0.15) is 0 Å². The van der Waals surface area contributed by atoms with Crippen LogP contribution in [0.5, 0.6) is 0 Å². The fourth-order valence-electron chi connectivity index (χ4n) is 1.12. The molecule has 4 heteroatoms. The Morgan fingerprint density at radius 1 is 1.13 bits per heavy atom. The first kappa shape index (κ1) is 11.1. The van der Waals surface area contributed by atoms with Gasteiger partial charge in [-0.3, -0.25) is 14.9 Å². The lowest BCUT2D eigenvalue weighted by Crippen LogP contribution is -2.19. The van der Waals surface area contributed by atoms with Crippen LogP contribution >= 0.6 is 0 Å².